The van der Waals surface area contributed by atoms with Gasteiger partial charge in [-0.15, -0.1) is 0 Å². The number of halogens is 1. The smallest absolute Gasteiger partial charge is 0.337 e. The molecule has 1 heterocycles. The Morgan fingerprint density at radius 2 is 1.84 bits per heavy atom. The maximum absolute atomic E-state index is 11.9. The van der Waals surface area contributed by atoms with E-state index in [0.717, 1.165) is 16.7 Å². The number of methoxy groups -OCH3 is 1. The van der Waals surface area contributed by atoms with Gasteiger partial charge in [-0.25, -0.2) is 9.79 Å². The highest BCUT2D eigenvalue weighted by Crippen LogP contribution is 2.26. The molecule has 0 bridgehead atoms. The van der Waals surface area contributed by atoms with Gasteiger partial charge < -0.3 is 13.9 Å². The summed E-state index contributed by atoms with van der Waals surface area (Å²) in [6.45, 7) is 2.49. The van der Waals surface area contributed by atoms with Crippen molar-refractivity contribution < 1.29 is 18.7 Å². The molecule has 156 valence electrons. The molecule has 4 rings (SSSR count). The van der Waals surface area contributed by atoms with Crippen molar-refractivity contribution in [1.29, 1.82) is 0 Å². The fourth-order valence-electron chi connectivity index (χ4n) is 3.21. The molecule has 0 spiro atoms. The summed E-state index contributed by atoms with van der Waals surface area (Å²) in [6, 6.07) is 21.9. The molecule has 0 atom stereocenters. The minimum Gasteiger partial charge on any atom is -0.494 e. The van der Waals surface area contributed by atoms with Crippen LogP contribution in [0.3, 0.4) is 0 Å². The van der Waals surface area contributed by atoms with Crippen molar-refractivity contribution in [2.24, 2.45) is 4.99 Å². The van der Waals surface area contributed by atoms with Crippen molar-refractivity contribution in [3.8, 4) is 17.1 Å². The molecule has 0 saturated carbocycles. The average molecular weight is 434 g/mol. The van der Waals surface area contributed by atoms with Gasteiger partial charge in [0.25, 0.3) is 0 Å². The predicted molar refractivity (Wildman–Crippen MR) is 121 cm³/mol. The van der Waals surface area contributed by atoms with Gasteiger partial charge in [0.15, 0.2) is 0 Å². The summed E-state index contributed by atoms with van der Waals surface area (Å²) in [6.07, 6.45) is 0. The highest BCUT2D eigenvalue weighted by atomic mass is 35.5. The Kier molecular flexibility index (Phi) is 6.05. The summed E-state index contributed by atoms with van der Waals surface area (Å²) < 4.78 is 16.6. The van der Waals surface area contributed by atoms with Gasteiger partial charge in [0.1, 0.15) is 17.1 Å². The van der Waals surface area contributed by atoms with Crippen molar-refractivity contribution in [3.63, 3.8) is 0 Å². The van der Waals surface area contributed by atoms with Crippen molar-refractivity contribution in [2.75, 3.05) is 13.7 Å². The van der Waals surface area contributed by atoms with Crippen LogP contribution in [0.15, 0.2) is 82.2 Å². The molecule has 0 fully saturated rings. The number of carbonyl (C=O) groups is 1. The average Bonchev–Trinajstić information content (AvgIpc) is 2.79. The topological polar surface area (TPSA) is 61.0 Å². The maximum atomic E-state index is 11.9. The fourth-order valence-corrected chi connectivity index (χ4v) is 3.34. The molecule has 31 heavy (non-hydrogen) atoms. The van der Waals surface area contributed by atoms with E-state index >= 15 is 0 Å². The first kappa shape index (κ1) is 20.7. The molecule has 3 aromatic carbocycles. The maximum Gasteiger partial charge on any atom is 0.337 e. The second-order valence-corrected chi connectivity index (χ2v) is 7.18. The van der Waals surface area contributed by atoms with Crippen LogP contribution in [-0.4, -0.2) is 19.7 Å². The molecule has 4 aromatic rings. The van der Waals surface area contributed by atoms with E-state index in [1.165, 1.54) is 7.11 Å². The molecule has 0 saturated heterocycles. The van der Waals surface area contributed by atoms with E-state index in [4.69, 9.17) is 30.5 Å². The van der Waals surface area contributed by atoms with Crippen molar-refractivity contribution >= 4 is 34.2 Å². The summed E-state index contributed by atoms with van der Waals surface area (Å²) in [4.78, 5) is 16.7. The van der Waals surface area contributed by atoms with E-state index in [-0.39, 0.29) is 0 Å². The van der Waals surface area contributed by atoms with Gasteiger partial charge in [0.05, 0.1) is 30.3 Å². The van der Waals surface area contributed by atoms with Gasteiger partial charge in [0.2, 0.25) is 0 Å². The monoisotopic (exact) mass is 433 g/mol. The number of nitrogens with zero attached hydrogens (tertiary/aromatic N) is 1. The van der Waals surface area contributed by atoms with Crippen molar-refractivity contribution in [2.45, 2.75) is 6.92 Å². The van der Waals surface area contributed by atoms with Crippen LogP contribution in [0, 0.1) is 0 Å². The van der Waals surface area contributed by atoms with Gasteiger partial charge in [-0.1, -0.05) is 17.7 Å². The summed E-state index contributed by atoms with van der Waals surface area (Å²) in [7, 11) is 1.35. The Bertz CT molecular complexity index is 1310. The summed E-state index contributed by atoms with van der Waals surface area (Å²) in [5, 5.41) is 2.14. The molecule has 0 aliphatic carbocycles. The minimum absolute atomic E-state index is 0.412. The molecule has 0 aliphatic rings. The zero-order chi connectivity index (χ0) is 21.8. The van der Waals surface area contributed by atoms with Crippen LogP contribution in [-0.2, 0) is 4.74 Å². The predicted octanol–water partition coefficient (Wildman–Crippen LogP) is 6.17. The molecule has 0 unspecified atom stereocenters. The van der Waals surface area contributed by atoms with Crippen LogP contribution in [0.2, 0.25) is 5.02 Å². The third kappa shape index (κ3) is 4.62. The standard InChI is InChI=1S/C25H20ClNO4/c1-3-30-20-11-12-23-21(14-20)22(15-24(31-23)16-7-9-18(26)10-8-16)27-19-6-4-5-17(13-19)25(28)29-2/h4-15H,3H2,1-2H3. The number of hydrogen-bond donors (Lipinski definition) is 0. The third-order valence-electron chi connectivity index (χ3n) is 4.67. The van der Waals surface area contributed by atoms with Crippen molar-refractivity contribution in [3.05, 3.63) is 88.7 Å². The number of hydrogen-bond acceptors (Lipinski definition) is 5. The third-order valence-corrected chi connectivity index (χ3v) is 4.92. The summed E-state index contributed by atoms with van der Waals surface area (Å²) in [5.74, 6) is 0.964. The number of rotatable bonds is 5. The van der Waals surface area contributed by atoms with Gasteiger partial charge in [0, 0.05) is 22.0 Å². The second-order valence-electron chi connectivity index (χ2n) is 6.75. The van der Waals surface area contributed by atoms with E-state index in [0.29, 0.717) is 39.6 Å². The largest absolute Gasteiger partial charge is 0.494 e. The normalized spacial score (nSPS) is 11.5. The van der Waals surface area contributed by atoms with E-state index in [1.807, 2.05) is 61.5 Å². The highest BCUT2D eigenvalue weighted by Gasteiger charge is 2.09. The Balaban J connectivity index is 1.94. The number of esters is 1. The van der Waals surface area contributed by atoms with E-state index in [2.05, 4.69) is 0 Å². The van der Waals surface area contributed by atoms with Gasteiger partial charge in [-0.3, -0.25) is 0 Å². The van der Waals surface area contributed by atoms with Crippen LogP contribution in [0.4, 0.5) is 5.69 Å². The minimum atomic E-state index is -0.412. The number of benzene rings is 3. The molecule has 6 heteroatoms. The molecule has 0 aliphatic heterocycles. The summed E-state index contributed by atoms with van der Waals surface area (Å²) in [5.41, 5.74) is 2.60. The lowest BCUT2D eigenvalue weighted by molar-refractivity contribution is 0.0600. The Hall–Kier alpha value is -3.57. The van der Waals surface area contributed by atoms with Crippen LogP contribution in [0.1, 0.15) is 17.3 Å². The number of fused-ring (bicyclic) bond motifs is 1. The lowest BCUT2D eigenvalue weighted by Crippen LogP contribution is -2.04. The zero-order valence-corrected chi connectivity index (χ0v) is 17.8. The Labute approximate surface area is 184 Å². The van der Waals surface area contributed by atoms with Crippen LogP contribution in [0.5, 0.6) is 5.75 Å². The molecule has 0 N–H and O–H groups in total. The van der Waals surface area contributed by atoms with Crippen molar-refractivity contribution in [1.82, 2.24) is 0 Å². The first-order chi connectivity index (χ1) is 15.1. The Morgan fingerprint density at radius 1 is 1.03 bits per heavy atom. The molecular weight excluding hydrogens is 414 g/mol. The molecule has 0 radical (unpaired) electrons. The van der Waals surface area contributed by atoms with E-state index in [9.17, 15) is 4.79 Å². The quantitative estimate of drug-likeness (QED) is 0.353. The second kappa shape index (κ2) is 9.06. The van der Waals surface area contributed by atoms with Crippen LogP contribution in [0.25, 0.3) is 22.3 Å². The molecule has 5 nitrogen and oxygen atoms in total. The molecule has 1 aromatic heterocycles. The SMILES string of the molecule is CCOc1ccc2oc(-c3ccc(Cl)cc3)cc(=Nc3cccc(C(=O)OC)c3)c2c1. The van der Waals surface area contributed by atoms with Gasteiger partial charge in [-0.2, -0.15) is 0 Å². The van der Waals surface area contributed by atoms with E-state index < -0.39 is 5.97 Å². The lowest BCUT2D eigenvalue weighted by atomic mass is 10.1. The van der Waals surface area contributed by atoms with Crippen LogP contribution >= 0.6 is 11.6 Å². The first-order valence-electron chi connectivity index (χ1n) is 9.77. The zero-order valence-electron chi connectivity index (χ0n) is 17.1. The molecular formula is C25H20ClNO4. The first-order valence-corrected chi connectivity index (χ1v) is 10.1. The van der Waals surface area contributed by atoms with Gasteiger partial charge in [-0.05, 0) is 67.6 Å². The lowest BCUT2D eigenvalue weighted by Gasteiger charge is -2.08. The number of carbonyl (C=O) groups excluding carboxylic acids is 1. The Morgan fingerprint density at radius 3 is 2.58 bits per heavy atom. The van der Waals surface area contributed by atoms with Gasteiger partial charge >= 0.3 is 5.97 Å². The van der Waals surface area contributed by atoms with Crippen LogP contribution < -0.4 is 10.1 Å². The highest BCUT2D eigenvalue weighted by molar-refractivity contribution is 6.30. The summed E-state index contributed by atoms with van der Waals surface area (Å²) >= 11 is 6.03. The fraction of sp³-hybridized carbons (Fsp3) is 0.120. The number of ether oxygens (including phenoxy) is 2. The molecule has 0 amide bonds. The van der Waals surface area contributed by atoms with E-state index in [1.54, 1.807) is 18.2 Å².